The lowest BCUT2D eigenvalue weighted by atomic mass is 9.98. The summed E-state index contributed by atoms with van der Waals surface area (Å²) in [5.41, 5.74) is 0.810. The molecule has 0 aliphatic carbocycles. The number of benzene rings is 2. The number of carbonyl (C=O) groups excluding carboxylic acids is 1. The maximum atomic E-state index is 13.5. The topological polar surface area (TPSA) is 130 Å². The van der Waals surface area contributed by atoms with Gasteiger partial charge in [0.1, 0.15) is 11.4 Å². The van der Waals surface area contributed by atoms with Crippen LogP contribution < -0.4 is 10.6 Å². The van der Waals surface area contributed by atoms with Gasteiger partial charge in [-0.2, -0.15) is 10.1 Å². The van der Waals surface area contributed by atoms with Gasteiger partial charge < -0.3 is 15.3 Å². The number of amides is 1. The first kappa shape index (κ1) is 23.2. The molecule has 2 heterocycles. The lowest BCUT2D eigenvalue weighted by Crippen LogP contribution is -2.30. The van der Waals surface area contributed by atoms with Crippen molar-refractivity contribution in [2.24, 2.45) is 0 Å². The normalized spacial score (nSPS) is 13.8. The van der Waals surface area contributed by atoms with E-state index < -0.39 is 36.8 Å². The van der Waals surface area contributed by atoms with Crippen molar-refractivity contribution in [3.8, 4) is 11.8 Å². The highest BCUT2D eigenvalue weighted by Crippen LogP contribution is 2.34. The third kappa shape index (κ3) is 5.00. The van der Waals surface area contributed by atoms with E-state index in [1.807, 2.05) is 0 Å². The first-order valence-electron chi connectivity index (χ1n) is 9.85. The first-order valence-corrected chi connectivity index (χ1v) is 12.0. The molecule has 0 fully saturated rings. The molecule has 0 aliphatic heterocycles. The van der Waals surface area contributed by atoms with Crippen molar-refractivity contribution in [1.29, 1.82) is 0 Å². The summed E-state index contributed by atoms with van der Waals surface area (Å²) in [6, 6.07) is 10.7. The monoisotopic (exact) mass is 485 g/mol. The maximum absolute atomic E-state index is 13.5. The van der Waals surface area contributed by atoms with Crippen LogP contribution in [0.25, 0.3) is 5.95 Å². The van der Waals surface area contributed by atoms with E-state index in [1.165, 1.54) is 43.1 Å². The van der Waals surface area contributed by atoms with E-state index in [4.69, 9.17) is 0 Å². The third-order valence-corrected chi connectivity index (χ3v) is 6.20. The first-order chi connectivity index (χ1) is 16.1. The average molecular weight is 485 g/mol. The van der Waals surface area contributed by atoms with E-state index in [-0.39, 0.29) is 16.8 Å². The summed E-state index contributed by atoms with van der Waals surface area (Å²) in [7, 11) is -3.47. The van der Waals surface area contributed by atoms with Crippen LogP contribution in [0.3, 0.4) is 0 Å². The summed E-state index contributed by atoms with van der Waals surface area (Å²) in [6.07, 6.45) is 3.01. The molecule has 3 N–H and O–H groups in total. The zero-order valence-corrected chi connectivity index (χ0v) is 18.5. The van der Waals surface area contributed by atoms with Crippen LogP contribution in [0.1, 0.15) is 27.5 Å². The number of hydrogen-bond donors (Lipinski definition) is 3. The molecule has 4 aromatic rings. The largest absolute Gasteiger partial charge is 0.493 e. The fraction of sp³-hybridized carbons (Fsp3) is 0.0909. The van der Waals surface area contributed by atoms with Gasteiger partial charge in [0.15, 0.2) is 5.82 Å². The Balaban J connectivity index is 1.65. The molecule has 0 saturated heterocycles. The number of carbonyl (C=O) groups is 1. The molecular weight excluding hydrogens is 467 g/mol. The van der Waals surface area contributed by atoms with Crippen molar-refractivity contribution in [2.75, 3.05) is 6.66 Å². The standard InChI is InChI=1S/C22H18F2N5O4P/c1-34(32,33)17-8-4-14(5-9-17)19(13-2-6-15(23)7-3-13)27-20(30)18-11-25-22(28-21(18)31)29-12-16(24)10-26-29/h2-12,19H,1H3,(H,27,30)(H,32,33)(H,25,28,31)/t19-/m1/s1. The number of aromatic hydroxyl groups is 1. The van der Waals surface area contributed by atoms with E-state index in [0.29, 0.717) is 11.1 Å². The molecule has 174 valence electrons. The summed E-state index contributed by atoms with van der Waals surface area (Å²) in [6.45, 7) is 1.21. The lowest BCUT2D eigenvalue weighted by molar-refractivity contribution is 0.0939. The number of aromatic nitrogens is 4. The van der Waals surface area contributed by atoms with E-state index in [1.54, 1.807) is 12.1 Å². The van der Waals surface area contributed by atoms with Gasteiger partial charge in [-0.1, -0.05) is 24.3 Å². The molecule has 0 radical (unpaired) electrons. The maximum Gasteiger partial charge on any atom is 0.259 e. The Morgan fingerprint density at radius 2 is 1.65 bits per heavy atom. The van der Waals surface area contributed by atoms with Crippen LogP contribution >= 0.6 is 7.37 Å². The zero-order chi connectivity index (χ0) is 24.5. The number of nitrogens with one attached hydrogen (secondary N) is 1. The summed E-state index contributed by atoms with van der Waals surface area (Å²) in [5.74, 6) is -2.63. The Kier molecular flexibility index (Phi) is 6.23. The summed E-state index contributed by atoms with van der Waals surface area (Å²) >= 11 is 0. The lowest BCUT2D eigenvalue weighted by Gasteiger charge is -2.21. The predicted molar refractivity (Wildman–Crippen MR) is 118 cm³/mol. The average Bonchev–Trinajstić information content (AvgIpc) is 3.24. The highest BCUT2D eigenvalue weighted by atomic mass is 31.2. The van der Waals surface area contributed by atoms with Gasteiger partial charge in [0.05, 0.1) is 18.4 Å². The van der Waals surface area contributed by atoms with E-state index in [9.17, 15) is 28.1 Å². The van der Waals surface area contributed by atoms with Crippen molar-refractivity contribution in [3.63, 3.8) is 0 Å². The smallest absolute Gasteiger partial charge is 0.259 e. The van der Waals surface area contributed by atoms with Crippen LogP contribution in [0.5, 0.6) is 5.88 Å². The van der Waals surface area contributed by atoms with Gasteiger partial charge in [0.2, 0.25) is 13.2 Å². The zero-order valence-electron chi connectivity index (χ0n) is 17.6. The highest BCUT2D eigenvalue weighted by Gasteiger charge is 2.23. The molecular formula is C22H18F2N5O4P. The van der Waals surface area contributed by atoms with Gasteiger partial charge in [-0.25, -0.2) is 18.4 Å². The SMILES string of the molecule is CP(=O)(O)c1ccc([C@H](NC(=O)c2cnc(-n3cc(F)cn3)nc2O)c2ccc(F)cc2)cc1. The Hall–Kier alpha value is -3.95. The van der Waals surface area contributed by atoms with Crippen LogP contribution in [-0.4, -0.2) is 42.3 Å². The molecule has 0 spiro atoms. The van der Waals surface area contributed by atoms with Gasteiger partial charge >= 0.3 is 0 Å². The molecule has 9 nitrogen and oxygen atoms in total. The second kappa shape index (κ2) is 9.12. The molecule has 2 aromatic heterocycles. The highest BCUT2D eigenvalue weighted by molar-refractivity contribution is 7.65. The van der Waals surface area contributed by atoms with Crippen LogP contribution in [-0.2, 0) is 4.57 Å². The summed E-state index contributed by atoms with van der Waals surface area (Å²) in [4.78, 5) is 30.5. The molecule has 4 rings (SSSR count). The van der Waals surface area contributed by atoms with E-state index in [2.05, 4.69) is 20.4 Å². The van der Waals surface area contributed by atoms with Gasteiger partial charge in [-0.15, -0.1) is 0 Å². The third-order valence-electron chi connectivity index (χ3n) is 4.94. The minimum atomic E-state index is -3.47. The van der Waals surface area contributed by atoms with Crippen LogP contribution in [0.2, 0.25) is 0 Å². The Morgan fingerprint density at radius 3 is 2.18 bits per heavy atom. The van der Waals surface area contributed by atoms with Gasteiger partial charge in [0, 0.05) is 18.2 Å². The van der Waals surface area contributed by atoms with Gasteiger partial charge in [-0.3, -0.25) is 9.36 Å². The van der Waals surface area contributed by atoms with Gasteiger partial charge in [-0.05, 0) is 35.4 Å². The molecule has 2 atom stereocenters. The molecule has 1 unspecified atom stereocenters. The number of hydrogen-bond acceptors (Lipinski definition) is 6. The minimum absolute atomic E-state index is 0.142. The summed E-state index contributed by atoms with van der Waals surface area (Å²) < 4.78 is 39.6. The molecule has 12 heteroatoms. The molecule has 34 heavy (non-hydrogen) atoms. The molecule has 1 amide bonds. The minimum Gasteiger partial charge on any atom is -0.493 e. The van der Waals surface area contributed by atoms with Crippen molar-refractivity contribution in [3.05, 3.63) is 95.4 Å². The van der Waals surface area contributed by atoms with Crippen molar-refractivity contribution >= 4 is 18.6 Å². The van der Waals surface area contributed by atoms with E-state index >= 15 is 0 Å². The van der Waals surface area contributed by atoms with Crippen LogP contribution in [0, 0.1) is 11.6 Å². The number of nitrogens with zero attached hydrogens (tertiary/aromatic N) is 4. The fourth-order valence-electron chi connectivity index (χ4n) is 3.21. The summed E-state index contributed by atoms with van der Waals surface area (Å²) in [5, 5.41) is 17.0. The number of halogens is 2. The molecule has 0 saturated carbocycles. The Labute approximate surface area is 192 Å². The van der Waals surface area contributed by atoms with Crippen LogP contribution in [0.4, 0.5) is 8.78 Å². The molecule has 0 bridgehead atoms. The molecule has 0 aliphatic rings. The number of rotatable bonds is 6. The van der Waals surface area contributed by atoms with Crippen LogP contribution in [0.15, 0.2) is 67.1 Å². The quantitative estimate of drug-likeness (QED) is 0.358. The van der Waals surface area contributed by atoms with Gasteiger partial charge in [0.25, 0.3) is 11.9 Å². The van der Waals surface area contributed by atoms with E-state index in [0.717, 1.165) is 23.3 Å². The van der Waals surface area contributed by atoms with Crippen molar-refractivity contribution < 1.29 is 28.1 Å². The second-order valence-corrected chi connectivity index (χ2v) is 9.71. The van der Waals surface area contributed by atoms with Crippen molar-refractivity contribution in [1.82, 2.24) is 25.1 Å². The Bertz CT molecular complexity index is 1390. The fourth-order valence-corrected chi connectivity index (χ4v) is 3.91. The van der Waals surface area contributed by atoms with Crippen molar-refractivity contribution in [2.45, 2.75) is 6.04 Å². The predicted octanol–water partition coefficient (Wildman–Crippen LogP) is 2.69. The second-order valence-electron chi connectivity index (χ2n) is 7.44. The molecule has 2 aromatic carbocycles. The Morgan fingerprint density at radius 1 is 1.03 bits per heavy atom.